The highest BCUT2D eigenvalue weighted by Crippen LogP contribution is 2.25. The smallest absolute Gasteiger partial charge is 0.284 e. The molecule has 0 aromatic carbocycles. The lowest BCUT2D eigenvalue weighted by Crippen LogP contribution is -2.37. The molecule has 2 N–H and O–H groups in total. The summed E-state index contributed by atoms with van der Waals surface area (Å²) in [5, 5.41) is 12.3. The fourth-order valence-electron chi connectivity index (χ4n) is 1.13. The van der Waals surface area contributed by atoms with Crippen molar-refractivity contribution in [2.24, 2.45) is 0 Å². The number of hydrogen-bond acceptors (Lipinski definition) is 4. The lowest BCUT2D eigenvalue weighted by Gasteiger charge is -2.25. The zero-order valence-electron chi connectivity index (χ0n) is 7.72. The first kappa shape index (κ1) is 9.67. The van der Waals surface area contributed by atoms with E-state index in [1.54, 1.807) is 0 Å². The van der Waals surface area contributed by atoms with Gasteiger partial charge in [-0.1, -0.05) is 0 Å². The van der Waals surface area contributed by atoms with E-state index in [1.165, 1.54) is 36.8 Å². The van der Waals surface area contributed by atoms with Crippen LogP contribution in [-0.2, 0) is 0 Å². The highest BCUT2D eigenvalue weighted by Gasteiger charge is 2.34. The molecule has 1 aromatic rings. The molecule has 1 unspecified atom stereocenters. The van der Waals surface area contributed by atoms with Gasteiger partial charge in [0, 0.05) is 30.9 Å². The summed E-state index contributed by atoms with van der Waals surface area (Å²) in [6, 6.07) is 3.06. The number of aromatic nitrogens is 1. The number of rotatable bonds is 2. The number of pyridine rings is 1. The van der Waals surface area contributed by atoms with Crippen LogP contribution in [0.5, 0.6) is 5.75 Å². The van der Waals surface area contributed by atoms with Gasteiger partial charge in [-0.05, 0) is 12.1 Å². The second-order valence-electron chi connectivity index (χ2n) is 2.97. The van der Waals surface area contributed by atoms with E-state index in [0.29, 0.717) is 5.75 Å². The summed E-state index contributed by atoms with van der Waals surface area (Å²) in [5.74, 6) is -2.50. The molecule has 15 heavy (non-hydrogen) atoms. The first-order valence-corrected chi connectivity index (χ1v) is 4.32. The Labute approximate surface area is 85.7 Å². The Morgan fingerprint density at radius 2 is 2.13 bits per heavy atom. The summed E-state index contributed by atoms with van der Waals surface area (Å²) >= 11 is 0. The van der Waals surface area contributed by atoms with E-state index in [2.05, 4.69) is 10.3 Å². The number of halogens is 1. The molecule has 0 amide bonds. The monoisotopic (exact) mass is 208 g/mol. The van der Waals surface area contributed by atoms with Gasteiger partial charge in [0.25, 0.3) is 5.79 Å². The van der Waals surface area contributed by atoms with Crippen molar-refractivity contribution in [2.75, 3.05) is 0 Å². The van der Waals surface area contributed by atoms with Crippen molar-refractivity contribution in [3.8, 4) is 5.75 Å². The van der Waals surface area contributed by atoms with Crippen molar-refractivity contribution in [1.29, 1.82) is 0 Å². The minimum atomic E-state index is -2.04. The number of aliphatic hydroxyl groups is 1. The zero-order valence-corrected chi connectivity index (χ0v) is 7.72. The van der Waals surface area contributed by atoms with E-state index in [4.69, 9.17) is 4.74 Å². The van der Waals surface area contributed by atoms with Crippen LogP contribution < -0.4 is 10.1 Å². The number of dihydropyridines is 1. The molecule has 0 radical (unpaired) electrons. The van der Waals surface area contributed by atoms with E-state index in [0.717, 1.165) is 6.20 Å². The third kappa shape index (κ3) is 1.97. The predicted molar refractivity (Wildman–Crippen MR) is 51.3 cm³/mol. The van der Waals surface area contributed by atoms with Gasteiger partial charge in [0.05, 0.1) is 0 Å². The number of ether oxygens (including phenoxy) is 1. The third-order valence-electron chi connectivity index (χ3n) is 1.88. The largest absolute Gasteiger partial charge is 0.452 e. The van der Waals surface area contributed by atoms with Crippen LogP contribution in [0.2, 0.25) is 0 Å². The van der Waals surface area contributed by atoms with Crippen LogP contribution in [0.25, 0.3) is 0 Å². The normalized spacial score (nSPS) is 24.3. The maximum atomic E-state index is 13.3. The van der Waals surface area contributed by atoms with E-state index < -0.39 is 11.6 Å². The maximum absolute atomic E-state index is 13.3. The standard InChI is InChI=1S/C10H9FN2O2/c11-9-7-13-6-3-10(9,14)15-8-1-4-12-5-2-8/h1-7,13-14H. The number of nitrogens with zero attached hydrogens (tertiary/aromatic N) is 1. The zero-order chi connectivity index (χ0) is 10.7. The van der Waals surface area contributed by atoms with Gasteiger partial charge in [-0.2, -0.15) is 0 Å². The molecule has 0 aliphatic carbocycles. The van der Waals surface area contributed by atoms with Crippen LogP contribution in [-0.4, -0.2) is 15.9 Å². The Morgan fingerprint density at radius 1 is 1.40 bits per heavy atom. The molecule has 2 rings (SSSR count). The minimum absolute atomic E-state index is 0.336. The predicted octanol–water partition coefficient (Wildman–Crippen LogP) is 1.08. The summed E-state index contributed by atoms with van der Waals surface area (Å²) in [4.78, 5) is 3.78. The average Bonchev–Trinajstić information content (AvgIpc) is 2.24. The molecule has 5 heteroatoms. The van der Waals surface area contributed by atoms with Gasteiger partial charge in [-0.15, -0.1) is 0 Å². The molecule has 0 bridgehead atoms. The van der Waals surface area contributed by atoms with Crippen LogP contribution in [0.1, 0.15) is 0 Å². The Hall–Kier alpha value is -1.88. The third-order valence-corrected chi connectivity index (χ3v) is 1.88. The molecule has 78 valence electrons. The SMILES string of the molecule is OC1(Oc2ccncc2)C=CNC=C1F. The van der Waals surface area contributed by atoms with Crippen molar-refractivity contribution in [1.82, 2.24) is 10.3 Å². The van der Waals surface area contributed by atoms with Gasteiger partial charge in [0.2, 0.25) is 0 Å². The van der Waals surface area contributed by atoms with Crippen molar-refractivity contribution < 1.29 is 14.2 Å². The van der Waals surface area contributed by atoms with E-state index in [1.807, 2.05) is 0 Å². The lowest BCUT2D eigenvalue weighted by molar-refractivity contribution is -0.0791. The quantitative estimate of drug-likeness (QED) is 0.714. The Bertz CT molecular complexity index is 405. The highest BCUT2D eigenvalue weighted by molar-refractivity contribution is 5.25. The Kier molecular flexibility index (Phi) is 2.39. The number of nitrogens with one attached hydrogen (secondary N) is 1. The molecule has 0 saturated heterocycles. The summed E-state index contributed by atoms with van der Waals surface area (Å²) in [7, 11) is 0. The van der Waals surface area contributed by atoms with E-state index in [-0.39, 0.29) is 0 Å². The Morgan fingerprint density at radius 3 is 2.80 bits per heavy atom. The van der Waals surface area contributed by atoms with Gasteiger partial charge >= 0.3 is 0 Å². The van der Waals surface area contributed by atoms with Gasteiger partial charge in [0.15, 0.2) is 5.83 Å². The maximum Gasteiger partial charge on any atom is 0.284 e. The average molecular weight is 208 g/mol. The van der Waals surface area contributed by atoms with Crippen LogP contribution >= 0.6 is 0 Å². The lowest BCUT2D eigenvalue weighted by atomic mass is 10.2. The molecular formula is C10H9FN2O2. The van der Waals surface area contributed by atoms with Crippen molar-refractivity contribution in [2.45, 2.75) is 5.79 Å². The molecule has 1 atom stereocenters. The van der Waals surface area contributed by atoms with Crippen molar-refractivity contribution in [3.05, 3.63) is 48.8 Å². The van der Waals surface area contributed by atoms with Crippen LogP contribution in [0.4, 0.5) is 4.39 Å². The summed E-state index contributed by atoms with van der Waals surface area (Å²) in [5.41, 5.74) is 0. The fraction of sp³-hybridized carbons (Fsp3) is 0.100. The second kappa shape index (κ2) is 3.70. The van der Waals surface area contributed by atoms with Crippen LogP contribution in [0.3, 0.4) is 0 Å². The van der Waals surface area contributed by atoms with E-state index in [9.17, 15) is 9.50 Å². The van der Waals surface area contributed by atoms with Gasteiger partial charge in [0.1, 0.15) is 5.75 Å². The van der Waals surface area contributed by atoms with Crippen LogP contribution in [0, 0.1) is 0 Å². The summed E-state index contributed by atoms with van der Waals surface area (Å²) in [6.45, 7) is 0. The topological polar surface area (TPSA) is 54.4 Å². The van der Waals surface area contributed by atoms with Crippen molar-refractivity contribution in [3.63, 3.8) is 0 Å². The highest BCUT2D eigenvalue weighted by atomic mass is 19.1. The molecule has 0 fully saturated rings. The summed E-state index contributed by atoms with van der Waals surface area (Å²) in [6.07, 6.45) is 6.59. The molecule has 1 aliphatic rings. The van der Waals surface area contributed by atoms with Gasteiger partial charge < -0.3 is 15.2 Å². The minimum Gasteiger partial charge on any atom is -0.452 e. The summed E-state index contributed by atoms with van der Waals surface area (Å²) < 4.78 is 18.4. The van der Waals surface area contributed by atoms with Gasteiger partial charge in [-0.3, -0.25) is 4.98 Å². The second-order valence-corrected chi connectivity index (χ2v) is 2.97. The molecular weight excluding hydrogens is 199 g/mol. The van der Waals surface area contributed by atoms with Crippen molar-refractivity contribution >= 4 is 0 Å². The van der Waals surface area contributed by atoms with Gasteiger partial charge in [-0.25, -0.2) is 4.39 Å². The van der Waals surface area contributed by atoms with Crippen LogP contribution in [0.15, 0.2) is 48.8 Å². The number of hydrogen-bond donors (Lipinski definition) is 2. The molecule has 1 aliphatic heterocycles. The molecule has 0 saturated carbocycles. The fourth-order valence-corrected chi connectivity index (χ4v) is 1.13. The molecule has 0 spiro atoms. The molecule has 2 heterocycles. The Balaban J connectivity index is 2.21. The molecule has 4 nitrogen and oxygen atoms in total. The first-order chi connectivity index (χ1) is 7.21. The molecule has 1 aromatic heterocycles. The van der Waals surface area contributed by atoms with E-state index >= 15 is 0 Å². The first-order valence-electron chi connectivity index (χ1n) is 4.32.